The lowest BCUT2D eigenvalue weighted by molar-refractivity contribution is -0.117. The van der Waals surface area contributed by atoms with Crippen LogP contribution in [0.25, 0.3) is 0 Å². The van der Waals surface area contributed by atoms with Crippen LogP contribution in [0.1, 0.15) is 0 Å². The Bertz CT molecular complexity index is 583. The Morgan fingerprint density at radius 2 is 2.19 bits per heavy atom. The number of halogens is 4. The smallest absolute Gasteiger partial charge is 0.387 e. The van der Waals surface area contributed by atoms with Crippen molar-refractivity contribution < 1.29 is 27.8 Å². The fourth-order valence-electron chi connectivity index (χ4n) is 1.53. The van der Waals surface area contributed by atoms with Crippen molar-refractivity contribution in [1.29, 1.82) is 0 Å². The van der Waals surface area contributed by atoms with Crippen LogP contribution in [0.5, 0.6) is 5.75 Å². The van der Waals surface area contributed by atoms with E-state index in [4.69, 9.17) is 21.1 Å². The first kappa shape index (κ1) is 15.8. The number of carbonyl (C=O) groups is 1. The first-order chi connectivity index (χ1) is 9.97. The molecule has 1 heterocycles. The number of anilines is 1. The highest BCUT2D eigenvalue weighted by Crippen LogP contribution is 2.37. The van der Waals surface area contributed by atoms with Gasteiger partial charge in [0.05, 0.1) is 10.2 Å². The maximum atomic E-state index is 12.4. The minimum Gasteiger partial charge on any atom is -0.494 e. The van der Waals surface area contributed by atoms with Crippen LogP contribution in [-0.2, 0) is 14.3 Å². The molecule has 5 nitrogen and oxygen atoms in total. The Morgan fingerprint density at radius 1 is 1.43 bits per heavy atom. The number of benzene rings is 1. The lowest BCUT2D eigenvalue weighted by atomic mass is 10.3. The van der Waals surface area contributed by atoms with Gasteiger partial charge in [-0.25, -0.2) is 0 Å². The number of alkyl halides is 2. The molecule has 1 aliphatic rings. The van der Waals surface area contributed by atoms with Gasteiger partial charge in [0.2, 0.25) is 5.76 Å². The third-order valence-corrected chi connectivity index (χ3v) is 3.14. The SMILES string of the molecule is O=C(Nc1cc(Cl)cc(Br)c1OC(F)F)C1=COCCO1. The first-order valence-electron chi connectivity index (χ1n) is 5.67. The van der Waals surface area contributed by atoms with Crippen molar-refractivity contribution in [2.45, 2.75) is 6.61 Å². The van der Waals surface area contributed by atoms with Crippen LogP contribution in [-0.4, -0.2) is 25.7 Å². The molecule has 0 radical (unpaired) electrons. The van der Waals surface area contributed by atoms with Gasteiger partial charge < -0.3 is 19.5 Å². The molecule has 0 fully saturated rings. The summed E-state index contributed by atoms with van der Waals surface area (Å²) in [5.74, 6) is -0.969. The number of hydrogen-bond donors (Lipinski definition) is 1. The van der Waals surface area contributed by atoms with Crippen molar-refractivity contribution in [3.8, 4) is 5.75 Å². The lowest BCUT2D eigenvalue weighted by Gasteiger charge is -2.17. The molecule has 0 saturated carbocycles. The molecule has 0 aliphatic carbocycles. The van der Waals surface area contributed by atoms with E-state index in [1.54, 1.807) is 0 Å². The standard InChI is InChI=1S/C12H9BrClF2NO4/c13-7-3-6(14)4-8(10(7)21-12(15)16)17-11(18)9-5-19-1-2-20-9/h3-5,12H,1-2H2,(H,17,18). The van der Waals surface area contributed by atoms with E-state index in [-0.39, 0.29) is 33.3 Å². The summed E-state index contributed by atoms with van der Waals surface area (Å²) >= 11 is 8.88. The normalized spacial score (nSPS) is 14.0. The molecule has 0 spiro atoms. The molecule has 114 valence electrons. The van der Waals surface area contributed by atoms with Crippen LogP contribution < -0.4 is 10.1 Å². The number of hydrogen-bond acceptors (Lipinski definition) is 4. The van der Waals surface area contributed by atoms with Crippen molar-refractivity contribution in [3.63, 3.8) is 0 Å². The van der Waals surface area contributed by atoms with Crippen LogP contribution in [0.2, 0.25) is 5.02 Å². The second kappa shape index (κ2) is 6.95. The van der Waals surface area contributed by atoms with Crippen molar-refractivity contribution in [3.05, 3.63) is 33.6 Å². The van der Waals surface area contributed by atoms with Gasteiger partial charge in [-0.1, -0.05) is 11.6 Å². The Kier molecular flexibility index (Phi) is 5.24. The fourth-order valence-corrected chi connectivity index (χ4v) is 2.44. The van der Waals surface area contributed by atoms with Gasteiger partial charge in [-0.15, -0.1) is 0 Å². The quantitative estimate of drug-likeness (QED) is 0.863. The fraction of sp³-hybridized carbons (Fsp3) is 0.250. The van der Waals surface area contributed by atoms with E-state index in [2.05, 4.69) is 26.0 Å². The van der Waals surface area contributed by atoms with Gasteiger partial charge in [0.1, 0.15) is 19.5 Å². The van der Waals surface area contributed by atoms with E-state index in [1.807, 2.05) is 0 Å². The van der Waals surface area contributed by atoms with Crippen LogP contribution in [0.3, 0.4) is 0 Å². The summed E-state index contributed by atoms with van der Waals surface area (Å²) in [7, 11) is 0. The summed E-state index contributed by atoms with van der Waals surface area (Å²) in [4.78, 5) is 11.9. The Balaban J connectivity index is 2.25. The monoisotopic (exact) mass is 383 g/mol. The van der Waals surface area contributed by atoms with Crippen LogP contribution >= 0.6 is 27.5 Å². The molecule has 1 aliphatic heterocycles. The average Bonchev–Trinajstić information content (AvgIpc) is 2.43. The maximum absolute atomic E-state index is 12.4. The summed E-state index contributed by atoms with van der Waals surface area (Å²) in [6.45, 7) is -2.50. The number of nitrogens with one attached hydrogen (secondary N) is 1. The number of carbonyl (C=O) groups excluding carboxylic acids is 1. The Labute approximate surface area is 131 Å². The van der Waals surface area contributed by atoms with Gasteiger partial charge >= 0.3 is 6.61 Å². The lowest BCUT2D eigenvalue weighted by Crippen LogP contribution is -2.21. The van der Waals surface area contributed by atoms with Gasteiger partial charge in [-0.3, -0.25) is 4.79 Å². The number of amides is 1. The van der Waals surface area contributed by atoms with E-state index >= 15 is 0 Å². The van der Waals surface area contributed by atoms with Crippen LogP contribution in [0.4, 0.5) is 14.5 Å². The maximum Gasteiger partial charge on any atom is 0.387 e. The topological polar surface area (TPSA) is 56.8 Å². The zero-order chi connectivity index (χ0) is 15.4. The van der Waals surface area contributed by atoms with Crippen molar-refractivity contribution in [1.82, 2.24) is 0 Å². The predicted octanol–water partition coefficient (Wildman–Crippen LogP) is 3.53. The molecule has 21 heavy (non-hydrogen) atoms. The van der Waals surface area contributed by atoms with E-state index in [0.717, 1.165) is 6.26 Å². The zero-order valence-electron chi connectivity index (χ0n) is 10.4. The third kappa shape index (κ3) is 4.21. The highest BCUT2D eigenvalue weighted by atomic mass is 79.9. The van der Waals surface area contributed by atoms with Crippen molar-refractivity contribution >= 4 is 39.1 Å². The molecule has 0 bridgehead atoms. The molecule has 1 amide bonds. The molecule has 2 rings (SSSR count). The summed E-state index contributed by atoms with van der Waals surface area (Å²) < 4.78 is 39.4. The molecule has 0 atom stereocenters. The Hall–Kier alpha value is -1.54. The van der Waals surface area contributed by atoms with Crippen LogP contribution in [0, 0.1) is 0 Å². The van der Waals surface area contributed by atoms with E-state index < -0.39 is 12.5 Å². The molecule has 0 unspecified atom stereocenters. The first-order valence-corrected chi connectivity index (χ1v) is 6.84. The third-order valence-electron chi connectivity index (χ3n) is 2.34. The van der Waals surface area contributed by atoms with Gasteiger partial charge in [0.15, 0.2) is 5.75 Å². The number of ether oxygens (including phenoxy) is 3. The predicted molar refractivity (Wildman–Crippen MR) is 74.4 cm³/mol. The Morgan fingerprint density at radius 3 is 2.81 bits per heavy atom. The van der Waals surface area contributed by atoms with Gasteiger partial charge in [0, 0.05) is 5.02 Å². The van der Waals surface area contributed by atoms with Gasteiger partial charge in [-0.05, 0) is 28.1 Å². The minimum atomic E-state index is -3.05. The summed E-state index contributed by atoms with van der Waals surface area (Å²) in [5.41, 5.74) is -0.0188. The highest BCUT2D eigenvalue weighted by molar-refractivity contribution is 9.10. The van der Waals surface area contributed by atoms with Gasteiger partial charge in [0.25, 0.3) is 5.91 Å². The molecule has 1 aromatic carbocycles. The number of rotatable bonds is 4. The van der Waals surface area contributed by atoms with Crippen molar-refractivity contribution in [2.75, 3.05) is 18.5 Å². The van der Waals surface area contributed by atoms with E-state index in [0.29, 0.717) is 6.61 Å². The zero-order valence-corrected chi connectivity index (χ0v) is 12.7. The molecule has 1 N–H and O–H groups in total. The van der Waals surface area contributed by atoms with E-state index in [1.165, 1.54) is 12.1 Å². The molecule has 0 saturated heterocycles. The summed E-state index contributed by atoms with van der Waals surface area (Å²) in [6, 6.07) is 2.65. The van der Waals surface area contributed by atoms with Gasteiger partial charge in [-0.2, -0.15) is 8.78 Å². The largest absolute Gasteiger partial charge is 0.494 e. The summed E-state index contributed by atoms with van der Waals surface area (Å²) in [6.07, 6.45) is 1.14. The molecule has 1 aromatic rings. The second-order valence-corrected chi connectivity index (χ2v) is 5.09. The molecule has 9 heteroatoms. The minimum absolute atomic E-state index is 0.0188. The van der Waals surface area contributed by atoms with E-state index in [9.17, 15) is 13.6 Å². The summed E-state index contributed by atoms with van der Waals surface area (Å²) in [5, 5.41) is 2.61. The van der Waals surface area contributed by atoms with Crippen LogP contribution in [0.15, 0.2) is 28.6 Å². The van der Waals surface area contributed by atoms with Crippen molar-refractivity contribution in [2.24, 2.45) is 0 Å². The highest BCUT2D eigenvalue weighted by Gasteiger charge is 2.20. The second-order valence-electron chi connectivity index (χ2n) is 3.80. The molecular weight excluding hydrogens is 375 g/mol. The molecular formula is C12H9BrClF2NO4. The average molecular weight is 385 g/mol. The molecule has 0 aromatic heterocycles.